The van der Waals surface area contributed by atoms with Crippen molar-refractivity contribution < 1.29 is 151 Å². The van der Waals surface area contributed by atoms with Crippen LogP contribution in [0.3, 0.4) is 0 Å². The Balaban J connectivity index is 0.926. The molecule has 10 aliphatic rings. The summed E-state index contributed by atoms with van der Waals surface area (Å²) in [6, 6.07) is 0. The highest BCUT2D eigenvalue weighted by molar-refractivity contribution is 7.81. The van der Waals surface area contributed by atoms with Gasteiger partial charge < -0.3 is 108 Å². The molecule has 94 heavy (non-hydrogen) atoms. The highest BCUT2D eigenvalue weighted by atomic mass is 32.3. The minimum atomic E-state index is -5.31. The summed E-state index contributed by atoms with van der Waals surface area (Å²) in [5, 5.41) is 102. The summed E-state index contributed by atoms with van der Waals surface area (Å²) in [7, 11) is -9.36. The van der Waals surface area contributed by atoms with Gasteiger partial charge in [0.2, 0.25) is 0 Å². The molecule has 31 atom stereocenters. The van der Waals surface area contributed by atoms with Crippen molar-refractivity contribution >= 4 is 32.7 Å². The first-order valence-corrected chi connectivity index (χ1v) is 34.6. The van der Waals surface area contributed by atoms with Gasteiger partial charge in [-0.25, -0.2) is 8.37 Å². The monoisotopic (exact) mass is 1390 g/mol. The lowest BCUT2D eigenvalue weighted by molar-refractivity contribution is -0.402. The number of hydrogen-bond donors (Lipinski definition) is 11. The van der Waals surface area contributed by atoms with E-state index in [4.69, 9.17) is 65.8 Å². The molecule has 1 spiro atoms. The number of carbonyl (C=O) groups is 2. The van der Waals surface area contributed by atoms with Crippen LogP contribution in [-0.4, -0.2) is 270 Å². The fourth-order valence-electron chi connectivity index (χ4n) is 17.6. The van der Waals surface area contributed by atoms with Gasteiger partial charge in [0, 0.05) is 19.4 Å². The van der Waals surface area contributed by atoms with Gasteiger partial charge in [0.1, 0.15) is 109 Å². The Bertz CT molecular complexity index is 3000. The molecule has 6 heterocycles. The summed E-state index contributed by atoms with van der Waals surface area (Å²) in [4.78, 5) is 27.6. The molecule has 0 aromatic rings. The van der Waals surface area contributed by atoms with Crippen LogP contribution in [0.4, 0.5) is 0 Å². The smallest absolute Gasteiger partial charge is 0.397 e. The Morgan fingerprint density at radius 1 is 0.660 bits per heavy atom. The maximum Gasteiger partial charge on any atom is 0.397 e. The first-order valence-electron chi connectivity index (χ1n) is 31.9. The van der Waals surface area contributed by atoms with Gasteiger partial charge in [-0.05, 0) is 102 Å². The van der Waals surface area contributed by atoms with E-state index in [1.165, 1.54) is 21.0 Å². The number of methoxy groups -OCH3 is 1. The van der Waals surface area contributed by atoms with E-state index in [0.29, 0.717) is 51.4 Å². The Morgan fingerprint density at radius 2 is 1.28 bits per heavy atom. The number of aliphatic hydroxyl groups excluding tert-OH is 9. The van der Waals surface area contributed by atoms with E-state index in [0.717, 1.165) is 11.1 Å². The zero-order chi connectivity index (χ0) is 68.9. The number of esters is 2. The van der Waals surface area contributed by atoms with Crippen molar-refractivity contribution in [1.82, 2.24) is 0 Å². The predicted octanol–water partition coefficient (Wildman–Crippen LogP) is -1.09. The number of aliphatic hydroxyl groups is 9. The first-order chi connectivity index (χ1) is 43.8. The molecule has 11 N–H and O–H groups in total. The van der Waals surface area contributed by atoms with Gasteiger partial charge in [-0.2, -0.15) is 16.8 Å². The molecule has 0 amide bonds. The highest BCUT2D eigenvalue weighted by Gasteiger charge is 2.79. The average Bonchev–Trinajstić information content (AvgIpc) is 1.47. The molecule has 0 unspecified atom stereocenters. The summed E-state index contributed by atoms with van der Waals surface area (Å²) in [6.45, 7) is 14.1. The van der Waals surface area contributed by atoms with Gasteiger partial charge in [0.25, 0.3) is 0 Å². The van der Waals surface area contributed by atoms with E-state index < -0.39 is 234 Å². The van der Waals surface area contributed by atoms with Gasteiger partial charge in [0.15, 0.2) is 31.5 Å². The standard InChI is InChI=1S/C60H94O32S2/c1-25(2)12-11-17-59(9)49-32(84-27(4)61)20-58(8)29-13-14-35-56(5,6)36(16-18-57(35,7)28(29)15-19-60(49,58)55(71)91-59)86-53-47(39(66)34(23-81-53)92-94(75,76)77)90-54-48(89-50-40(67)37(64)30(62)21-79-50)41(68)44(26(3)83-54)87-52-43(70)46(38(65)33(85-52)24-82-93(72,73)74)88-51-42(69)45(78-10)31(63)22-80-51/h12-13,26,28,30-54,62-70H,11,14-24H2,1-10H3,(H,72,73,74)(H,75,76,77)/t26-,28-,30-,31-,32+,33-,34-,35+,36+,37+,38-,39+,40-,41+,42-,43-,44-,45+,46+,47-,48-,49-,50+,51+,52+,53+,54+,57-,58+,59+,60-/m1/s1. The van der Waals surface area contributed by atoms with Crippen molar-refractivity contribution in [2.75, 3.05) is 33.5 Å². The molecule has 538 valence electrons. The van der Waals surface area contributed by atoms with E-state index in [1.807, 2.05) is 34.6 Å². The molecule has 0 aromatic heterocycles. The fourth-order valence-corrected chi connectivity index (χ4v) is 18.4. The molecule has 4 aliphatic carbocycles. The summed E-state index contributed by atoms with van der Waals surface area (Å²) in [6.07, 6.45) is -33.5. The summed E-state index contributed by atoms with van der Waals surface area (Å²) >= 11 is 0. The summed E-state index contributed by atoms with van der Waals surface area (Å²) < 4.78 is 156. The molecule has 6 saturated heterocycles. The van der Waals surface area contributed by atoms with Crippen molar-refractivity contribution in [3.8, 4) is 0 Å². The maximum atomic E-state index is 14.8. The van der Waals surface area contributed by atoms with Gasteiger partial charge in [-0.1, -0.05) is 51.0 Å². The Kier molecular flexibility index (Phi) is 21.8. The number of hydrogen-bond acceptors (Lipinski definition) is 30. The zero-order valence-electron chi connectivity index (χ0n) is 54.0. The van der Waals surface area contributed by atoms with Crippen LogP contribution in [0.2, 0.25) is 0 Å². The van der Waals surface area contributed by atoms with Crippen LogP contribution in [0.25, 0.3) is 0 Å². The molecule has 0 bridgehead atoms. The molecule has 10 rings (SSSR count). The van der Waals surface area contributed by atoms with E-state index in [-0.39, 0.29) is 17.8 Å². The molecule has 34 heteroatoms. The summed E-state index contributed by atoms with van der Waals surface area (Å²) in [5.41, 5.74) is -1.52. The van der Waals surface area contributed by atoms with Crippen molar-refractivity contribution in [2.24, 2.45) is 39.4 Å². The predicted molar refractivity (Wildman–Crippen MR) is 313 cm³/mol. The van der Waals surface area contributed by atoms with E-state index in [9.17, 15) is 81.5 Å². The SMILES string of the molecule is CO[C@@H]1[C@@H](O)[C@H](O[C@@H]2[C@@H](O)[C@H](O[C@H]3[C@H](O)[C@@H](O[C@@H]4OC[C@@H](O)[C@H](O)[C@H]4O)[C@H](O[C@H]4[C@H](O[C@H]5CC[C@]6(C)[C@@H]7CC[C@]89C(=O)O[C@@](C)(CCC=C(C)C)[C@H]8[C@@H](OC(C)=O)C[C@@]9(C)C7=CC[C@H]6C5(C)C)OC[C@@H](OS(=O)(=O)O)[C@@H]4O)O[C@@H]3C)O[C@H](COS(=O)(=O)O)[C@H]2O)OC[C@H]1O. The second-order valence-electron chi connectivity index (χ2n) is 28.5. The summed E-state index contributed by atoms with van der Waals surface area (Å²) in [5.74, 6) is -1.28. The molecule has 6 aliphatic heterocycles. The Morgan fingerprint density at radius 3 is 1.93 bits per heavy atom. The average molecular weight is 1390 g/mol. The van der Waals surface area contributed by atoms with Crippen molar-refractivity contribution in [3.63, 3.8) is 0 Å². The third-order valence-corrected chi connectivity index (χ3v) is 23.0. The molecule has 9 fully saturated rings. The van der Waals surface area contributed by atoms with Crippen LogP contribution in [-0.2, 0) is 100 Å². The molecule has 32 nitrogen and oxygen atoms in total. The van der Waals surface area contributed by atoms with Crippen LogP contribution < -0.4 is 0 Å². The number of cyclic esters (lactones) is 1. The fraction of sp³-hybridized carbons (Fsp3) is 0.900. The van der Waals surface area contributed by atoms with E-state index in [1.54, 1.807) is 0 Å². The number of ether oxygens (including phenoxy) is 13. The topological polar surface area (TPSA) is 463 Å². The molecule has 3 saturated carbocycles. The van der Waals surface area contributed by atoms with Crippen molar-refractivity contribution in [3.05, 3.63) is 23.3 Å². The van der Waals surface area contributed by atoms with E-state index >= 15 is 0 Å². The van der Waals surface area contributed by atoms with Gasteiger partial charge >= 0.3 is 32.7 Å². The van der Waals surface area contributed by atoms with Crippen LogP contribution in [0.15, 0.2) is 23.3 Å². The van der Waals surface area contributed by atoms with Crippen LogP contribution in [0.1, 0.15) is 114 Å². The van der Waals surface area contributed by atoms with Gasteiger partial charge in [-0.3, -0.25) is 18.7 Å². The molecule has 0 radical (unpaired) electrons. The van der Waals surface area contributed by atoms with Crippen molar-refractivity contribution in [2.45, 2.75) is 267 Å². The first kappa shape index (κ1) is 74.1. The van der Waals surface area contributed by atoms with Crippen molar-refractivity contribution in [1.29, 1.82) is 0 Å². The second kappa shape index (κ2) is 27.7. The Labute approximate surface area is 545 Å². The van der Waals surface area contributed by atoms with Crippen LogP contribution in [0.5, 0.6) is 0 Å². The third kappa shape index (κ3) is 13.9. The van der Waals surface area contributed by atoms with Gasteiger partial charge in [0.05, 0.1) is 50.0 Å². The molecular formula is C60H94O32S2. The minimum absolute atomic E-state index is 0.0379. The number of allylic oxidation sites excluding steroid dienone is 4. The second-order valence-corrected chi connectivity index (χ2v) is 30.6. The number of rotatable bonds is 20. The number of carbonyl (C=O) groups excluding carboxylic acids is 2. The lowest BCUT2D eigenvalue weighted by atomic mass is 9.41. The third-order valence-electron chi connectivity index (χ3n) is 22.1. The van der Waals surface area contributed by atoms with E-state index in [2.05, 4.69) is 30.2 Å². The normalized spacial score (nSPS) is 48.7. The van der Waals surface area contributed by atoms with Gasteiger partial charge in [-0.15, -0.1) is 0 Å². The maximum absolute atomic E-state index is 14.8. The van der Waals surface area contributed by atoms with Crippen LogP contribution in [0, 0.1) is 39.4 Å². The number of fused-ring (bicyclic) bond motifs is 4. The minimum Gasteiger partial charge on any atom is -0.462 e. The zero-order valence-corrected chi connectivity index (χ0v) is 55.7. The lowest BCUT2D eigenvalue weighted by Gasteiger charge is -2.64. The van der Waals surface area contributed by atoms with Crippen LogP contribution >= 0.6 is 0 Å². The molecular weight excluding hydrogens is 1300 g/mol. The highest BCUT2D eigenvalue weighted by Crippen LogP contribution is 2.77. The quantitative estimate of drug-likeness (QED) is 0.0392. The Hall–Kier alpha value is -2.64. The largest absolute Gasteiger partial charge is 0.462 e. The molecule has 0 aromatic carbocycles. The lowest BCUT2D eigenvalue weighted by Crippen LogP contribution is -2.67.